The van der Waals surface area contributed by atoms with Gasteiger partial charge in [0, 0.05) is 45.4 Å². The van der Waals surface area contributed by atoms with E-state index in [4.69, 9.17) is 4.74 Å². The Kier molecular flexibility index (Phi) is 5.02. The van der Waals surface area contributed by atoms with Crippen molar-refractivity contribution >= 4 is 11.8 Å². The van der Waals surface area contributed by atoms with Crippen LogP contribution < -0.4 is 10.1 Å². The van der Waals surface area contributed by atoms with Gasteiger partial charge in [-0.05, 0) is 12.1 Å². The van der Waals surface area contributed by atoms with Crippen molar-refractivity contribution in [3.63, 3.8) is 0 Å². The second-order valence-electron chi connectivity index (χ2n) is 6.22. The first-order chi connectivity index (χ1) is 12.1. The quantitative estimate of drug-likeness (QED) is 0.854. The van der Waals surface area contributed by atoms with Crippen LogP contribution in [0.2, 0.25) is 0 Å². The number of para-hydroxylation sites is 1. The maximum absolute atomic E-state index is 12.1. The Balaban J connectivity index is 1.57. The average molecular weight is 342 g/mol. The van der Waals surface area contributed by atoms with Gasteiger partial charge in [-0.2, -0.15) is 0 Å². The van der Waals surface area contributed by atoms with E-state index in [-0.39, 0.29) is 30.4 Å². The zero-order valence-electron chi connectivity index (χ0n) is 14.4. The molecule has 25 heavy (non-hydrogen) atoms. The van der Waals surface area contributed by atoms with E-state index in [1.165, 1.54) is 0 Å². The first kappa shape index (κ1) is 17.0. The molecule has 0 spiro atoms. The molecule has 1 aliphatic heterocycles. The van der Waals surface area contributed by atoms with Crippen molar-refractivity contribution in [2.24, 2.45) is 13.0 Å². The lowest BCUT2D eigenvalue weighted by atomic mass is 9.99. The van der Waals surface area contributed by atoms with E-state index in [2.05, 4.69) is 10.3 Å². The lowest BCUT2D eigenvalue weighted by Gasteiger charge is -2.24. The first-order valence-electron chi connectivity index (χ1n) is 8.23. The number of benzene rings is 1. The third kappa shape index (κ3) is 3.81. The van der Waals surface area contributed by atoms with Gasteiger partial charge in [0.25, 0.3) is 5.91 Å². The van der Waals surface area contributed by atoms with E-state index in [0.29, 0.717) is 18.7 Å². The van der Waals surface area contributed by atoms with Crippen molar-refractivity contribution in [1.29, 1.82) is 0 Å². The fourth-order valence-electron chi connectivity index (χ4n) is 3.14. The number of likely N-dealkylation sites (tertiary alicyclic amines) is 1. The molecule has 1 aliphatic rings. The Morgan fingerprint density at radius 3 is 2.76 bits per heavy atom. The molecule has 1 aromatic carbocycles. The van der Waals surface area contributed by atoms with Crippen molar-refractivity contribution in [1.82, 2.24) is 19.8 Å². The highest BCUT2D eigenvalue weighted by atomic mass is 16.5. The zero-order valence-corrected chi connectivity index (χ0v) is 14.4. The number of aryl methyl sites for hydroxylation is 1. The predicted octanol–water partition coefficient (Wildman–Crippen LogP) is 1.13. The van der Waals surface area contributed by atoms with Crippen molar-refractivity contribution in [3.05, 3.63) is 48.5 Å². The van der Waals surface area contributed by atoms with Crippen molar-refractivity contribution in [2.45, 2.75) is 12.5 Å². The molecule has 2 aromatic rings. The Morgan fingerprint density at radius 1 is 1.32 bits per heavy atom. The molecule has 0 saturated carbocycles. The van der Waals surface area contributed by atoms with Gasteiger partial charge in [0.2, 0.25) is 5.91 Å². The number of amides is 2. The van der Waals surface area contributed by atoms with Gasteiger partial charge < -0.3 is 19.5 Å². The molecule has 0 aliphatic carbocycles. The van der Waals surface area contributed by atoms with Crippen LogP contribution in [0, 0.1) is 5.92 Å². The maximum Gasteiger partial charge on any atom is 0.257 e. The number of nitrogens with zero attached hydrogens (tertiary/aromatic N) is 3. The van der Waals surface area contributed by atoms with Crippen molar-refractivity contribution in [2.75, 3.05) is 20.2 Å². The molecule has 1 aromatic heterocycles. The van der Waals surface area contributed by atoms with Gasteiger partial charge in [-0.25, -0.2) is 4.98 Å². The molecule has 1 fully saturated rings. The summed E-state index contributed by atoms with van der Waals surface area (Å²) in [5.74, 6) is 1.32. The molecule has 0 unspecified atom stereocenters. The van der Waals surface area contributed by atoms with Gasteiger partial charge in [-0.15, -0.1) is 0 Å². The smallest absolute Gasteiger partial charge is 0.257 e. The Bertz CT molecular complexity index is 744. The minimum absolute atomic E-state index is 0.0146. The lowest BCUT2D eigenvalue weighted by molar-refractivity contribution is -0.128. The minimum atomic E-state index is -0.204. The maximum atomic E-state index is 12.1. The number of ether oxygens (including phenoxy) is 1. The van der Waals surface area contributed by atoms with E-state index in [9.17, 15) is 9.59 Å². The first-order valence-corrected chi connectivity index (χ1v) is 8.23. The van der Waals surface area contributed by atoms with Gasteiger partial charge in [-0.3, -0.25) is 9.59 Å². The minimum Gasteiger partial charge on any atom is -0.484 e. The molecule has 2 heterocycles. The molecule has 1 saturated heterocycles. The number of carbonyl (C=O) groups excluding carboxylic acids is 2. The van der Waals surface area contributed by atoms with Crippen molar-refractivity contribution in [3.8, 4) is 5.75 Å². The molecular weight excluding hydrogens is 320 g/mol. The topological polar surface area (TPSA) is 76.5 Å². The van der Waals surface area contributed by atoms with Gasteiger partial charge in [0.1, 0.15) is 11.6 Å². The number of imidazole rings is 1. The fraction of sp³-hybridized carbons (Fsp3) is 0.389. The standard InChI is InChI=1S/C18H22N4O3/c1-21-9-8-19-18(21)17-13(10-16(24)22(17)2)11-20-15(23)12-25-14-6-4-3-5-7-14/h3-9,13,17H,10-12H2,1-2H3,(H,20,23)/t13-,17+/m0/s1. The average Bonchev–Trinajstić information content (AvgIpc) is 3.15. The van der Waals surface area contributed by atoms with Gasteiger partial charge in [0.15, 0.2) is 6.61 Å². The molecule has 2 atom stereocenters. The Labute approximate surface area is 146 Å². The summed E-state index contributed by atoms with van der Waals surface area (Å²) in [6.07, 6.45) is 3.97. The third-order valence-corrected chi connectivity index (χ3v) is 4.49. The van der Waals surface area contributed by atoms with Crippen molar-refractivity contribution < 1.29 is 14.3 Å². The summed E-state index contributed by atoms with van der Waals surface area (Å²) in [6.45, 7) is 0.359. The van der Waals surface area contributed by atoms with Crippen LogP contribution in [0.25, 0.3) is 0 Å². The molecule has 7 nitrogen and oxygen atoms in total. The van der Waals surface area contributed by atoms with Crippen LogP contribution >= 0.6 is 0 Å². The summed E-state index contributed by atoms with van der Waals surface area (Å²) in [5, 5.41) is 2.87. The number of carbonyl (C=O) groups is 2. The molecular formula is C18H22N4O3. The summed E-state index contributed by atoms with van der Waals surface area (Å²) in [5.41, 5.74) is 0. The number of nitrogens with one attached hydrogen (secondary N) is 1. The SMILES string of the molecule is CN1C(=O)C[C@@H](CNC(=O)COc2ccccc2)[C@@H]1c1nccn1C. The number of hydrogen-bond acceptors (Lipinski definition) is 4. The molecule has 0 radical (unpaired) electrons. The lowest BCUT2D eigenvalue weighted by Crippen LogP contribution is -2.35. The van der Waals surface area contributed by atoms with Crippen LogP contribution in [0.4, 0.5) is 0 Å². The second-order valence-corrected chi connectivity index (χ2v) is 6.22. The monoisotopic (exact) mass is 342 g/mol. The van der Waals surface area contributed by atoms with Crippen LogP contribution in [0.1, 0.15) is 18.3 Å². The van der Waals surface area contributed by atoms with E-state index in [1.54, 1.807) is 30.3 Å². The van der Waals surface area contributed by atoms with E-state index >= 15 is 0 Å². The van der Waals surface area contributed by atoms with Gasteiger partial charge >= 0.3 is 0 Å². The highest BCUT2D eigenvalue weighted by molar-refractivity contribution is 5.80. The number of aromatic nitrogens is 2. The summed E-state index contributed by atoms with van der Waals surface area (Å²) < 4.78 is 7.35. The zero-order chi connectivity index (χ0) is 17.8. The number of hydrogen-bond donors (Lipinski definition) is 1. The molecule has 0 bridgehead atoms. The predicted molar refractivity (Wildman–Crippen MR) is 91.8 cm³/mol. The highest BCUT2D eigenvalue weighted by Gasteiger charge is 2.40. The molecule has 132 valence electrons. The van der Waals surface area contributed by atoms with E-state index in [0.717, 1.165) is 5.82 Å². The van der Waals surface area contributed by atoms with Crippen LogP contribution in [-0.4, -0.2) is 46.5 Å². The fourth-order valence-corrected chi connectivity index (χ4v) is 3.14. The van der Waals surface area contributed by atoms with Crippen LogP contribution in [-0.2, 0) is 16.6 Å². The Hall–Kier alpha value is -2.83. The van der Waals surface area contributed by atoms with Gasteiger partial charge in [0.05, 0.1) is 6.04 Å². The third-order valence-electron chi connectivity index (χ3n) is 4.49. The molecule has 2 amide bonds. The summed E-state index contributed by atoms with van der Waals surface area (Å²) in [6, 6.07) is 9.06. The molecule has 1 N–H and O–H groups in total. The largest absolute Gasteiger partial charge is 0.484 e. The molecule has 7 heteroatoms. The summed E-state index contributed by atoms with van der Waals surface area (Å²) in [7, 11) is 3.68. The second kappa shape index (κ2) is 7.38. The van der Waals surface area contributed by atoms with E-state index < -0.39 is 0 Å². The Morgan fingerprint density at radius 2 is 2.08 bits per heavy atom. The number of rotatable bonds is 6. The highest BCUT2D eigenvalue weighted by Crippen LogP contribution is 2.35. The van der Waals surface area contributed by atoms with E-state index in [1.807, 2.05) is 36.0 Å². The van der Waals surface area contributed by atoms with Crippen LogP contribution in [0.5, 0.6) is 5.75 Å². The van der Waals surface area contributed by atoms with Crippen LogP contribution in [0.3, 0.4) is 0 Å². The van der Waals surface area contributed by atoms with Gasteiger partial charge in [-0.1, -0.05) is 18.2 Å². The summed E-state index contributed by atoms with van der Waals surface area (Å²) >= 11 is 0. The summed E-state index contributed by atoms with van der Waals surface area (Å²) in [4.78, 5) is 30.2. The van der Waals surface area contributed by atoms with Crippen LogP contribution in [0.15, 0.2) is 42.7 Å². The molecule has 3 rings (SSSR count). The normalized spacial score (nSPS) is 19.9.